The van der Waals surface area contributed by atoms with Crippen molar-refractivity contribution in [1.29, 1.82) is 0 Å². The van der Waals surface area contributed by atoms with Gasteiger partial charge in [-0.3, -0.25) is 20.2 Å². The second-order valence-corrected chi connectivity index (χ2v) is 7.96. The van der Waals surface area contributed by atoms with Crippen LogP contribution in [-0.4, -0.2) is 46.2 Å². The van der Waals surface area contributed by atoms with Gasteiger partial charge in [-0.2, -0.15) is 0 Å². The van der Waals surface area contributed by atoms with Crippen molar-refractivity contribution < 1.29 is 29.3 Å². The van der Waals surface area contributed by atoms with E-state index in [1.807, 2.05) is 48.5 Å². The number of rotatable bonds is 9. The molecule has 0 aliphatic heterocycles. The fourth-order valence-electron chi connectivity index (χ4n) is 4.13. The van der Waals surface area contributed by atoms with Crippen molar-refractivity contribution in [1.82, 2.24) is 5.32 Å². The number of hydrogen-bond acceptors (Lipinski definition) is 8. The Labute approximate surface area is 203 Å². The zero-order valence-electron chi connectivity index (χ0n) is 18.6. The van der Waals surface area contributed by atoms with Gasteiger partial charge in [-0.25, -0.2) is 9.59 Å². The van der Waals surface area contributed by atoms with E-state index >= 15 is 0 Å². The number of carboxylic acid groups (broad SMARTS) is 1. The highest BCUT2D eigenvalue weighted by molar-refractivity contribution is 5.81. The van der Waals surface area contributed by atoms with Gasteiger partial charge in [0, 0.05) is 18.5 Å². The summed E-state index contributed by atoms with van der Waals surface area (Å²) in [7, 11) is 0. The van der Waals surface area contributed by atoms with Crippen LogP contribution in [0.2, 0.25) is 0 Å². The molecule has 12 heteroatoms. The van der Waals surface area contributed by atoms with E-state index in [1.54, 1.807) is 0 Å². The summed E-state index contributed by atoms with van der Waals surface area (Å²) >= 11 is 0. The highest BCUT2D eigenvalue weighted by Gasteiger charge is 2.30. The number of non-ortho nitro benzene ring substituents is 1. The minimum absolute atomic E-state index is 0.0204. The van der Waals surface area contributed by atoms with Crippen LogP contribution < -0.4 is 10.6 Å². The number of fused-ring (bicyclic) bond motifs is 3. The monoisotopic (exact) mass is 492 g/mol. The number of carboxylic acids is 1. The number of carbonyl (C=O) groups excluding carboxylic acids is 1. The Morgan fingerprint density at radius 2 is 1.56 bits per heavy atom. The molecular weight excluding hydrogens is 472 g/mol. The highest BCUT2D eigenvalue weighted by atomic mass is 16.6. The minimum atomic E-state index is -1.49. The molecule has 0 spiro atoms. The number of benzene rings is 3. The van der Waals surface area contributed by atoms with Crippen LogP contribution in [-0.2, 0) is 9.53 Å². The lowest BCUT2D eigenvalue weighted by molar-refractivity contribution is -0.393. The normalized spacial score (nSPS) is 12.7. The van der Waals surface area contributed by atoms with Gasteiger partial charge in [0.2, 0.25) is 0 Å². The molecule has 0 heterocycles. The molecule has 3 N–H and O–H groups in total. The average Bonchev–Trinajstić information content (AvgIpc) is 3.18. The number of nitro benzene ring substituents is 2. The lowest BCUT2D eigenvalue weighted by Crippen LogP contribution is -2.45. The SMILES string of the molecule is O=C(NC(CNc1ccc([N+](=O)[O-])cc1[N+](=O)[O-])C(=O)O)OCC1c2ccccc2-c2ccccc21. The Kier molecular flexibility index (Phi) is 6.77. The van der Waals surface area contributed by atoms with E-state index < -0.39 is 45.9 Å². The number of anilines is 1. The van der Waals surface area contributed by atoms with Crippen LogP contribution in [0.25, 0.3) is 11.1 Å². The van der Waals surface area contributed by atoms with Crippen LogP contribution in [0.4, 0.5) is 21.9 Å². The third-order valence-corrected chi connectivity index (χ3v) is 5.82. The molecule has 4 rings (SSSR count). The fourth-order valence-corrected chi connectivity index (χ4v) is 4.13. The first-order valence-corrected chi connectivity index (χ1v) is 10.8. The van der Waals surface area contributed by atoms with E-state index in [2.05, 4.69) is 10.6 Å². The molecule has 36 heavy (non-hydrogen) atoms. The number of amides is 1. The Morgan fingerprint density at radius 3 is 2.11 bits per heavy atom. The molecule has 0 aromatic heterocycles. The van der Waals surface area contributed by atoms with Crippen LogP contribution in [0, 0.1) is 20.2 Å². The first-order valence-electron chi connectivity index (χ1n) is 10.8. The first kappa shape index (κ1) is 24.1. The molecule has 0 saturated heterocycles. The van der Waals surface area contributed by atoms with Gasteiger partial charge in [-0.1, -0.05) is 48.5 Å². The summed E-state index contributed by atoms with van der Waals surface area (Å²) in [5.74, 6) is -1.62. The highest BCUT2D eigenvalue weighted by Crippen LogP contribution is 2.44. The third kappa shape index (κ3) is 4.92. The number of nitro groups is 2. The second-order valence-electron chi connectivity index (χ2n) is 7.96. The number of aliphatic carboxylic acids is 1. The van der Waals surface area contributed by atoms with Crippen LogP contribution in [0.3, 0.4) is 0 Å². The predicted octanol–water partition coefficient (Wildman–Crippen LogP) is 3.91. The Morgan fingerprint density at radius 1 is 0.944 bits per heavy atom. The average molecular weight is 492 g/mol. The Bertz CT molecular complexity index is 1310. The maximum absolute atomic E-state index is 12.4. The molecule has 0 bridgehead atoms. The number of ether oxygens (including phenoxy) is 1. The van der Waals surface area contributed by atoms with Gasteiger partial charge in [0.25, 0.3) is 11.4 Å². The van der Waals surface area contributed by atoms with Crippen LogP contribution in [0.5, 0.6) is 0 Å². The standard InChI is InChI=1S/C24H20N4O8/c29-23(30)21(12-25-20-10-9-14(27(32)33)11-22(20)28(34)35)26-24(31)36-13-19-17-7-3-1-5-15(17)16-6-2-4-8-18(16)19/h1-11,19,21,25H,12-13H2,(H,26,31)(H,29,30). The van der Waals surface area contributed by atoms with Gasteiger partial charge < -0.3 is 20.5 Å². The van der Waals surface area contributed by atoms with Crippen molar-refractivity contribution in [2.45, 2.75) is 12.0 Å². The summed E-state index contributed by atoms with van der Waals surface area (Å²) in [5.41, 5.74) is 2.85. The van der Waals surface area contributed by atoms with Crippen molar-refractivity contribution >= 4 is 29.1 Å². The smallest absolute Gasteiger partial charge is 0.407 e. The lowest BCUT2D eigenvalue weighted by atomic mass is 9.98. The van der Waals surface area contributed by atoms with Crippen molar-refractivity contribution in [2.24, 2.45) is 0 Å². The Balaban J connectivity index is 1.41. The molecule has 3 aromatic carbocycles. The van der Waals surface area contributed by atoms with E-state index in [0.717, 1.165) is 40.5 Å². The van der Waals surface area contributed by atoms with Gasteiger partial charge >= 0.3 is 12.1 Å². The molecule has 12 nitrogen and oxygen atoms in total. The topological polar surface area (TPSA) is 174 Å². The summed E-state index contributed by atoms with van der Waals surface area (Å²) in [6.45, 7) is -0.453. The van der Waals surface area contributed by atoms with Gasteiger partial charge in [-0.15, -0.1) is 0 Å². The molecule has 1 atom stereocenters. The molecule has 3 aromatic rings. The molecule has 1 unspecified atom stereocenters. The first-order chi connectivity index (χ1) is 17.3. The molecule has 1 aliphatic rings. The quantitative estimate of drug-likeness (QED) is 0.295. The van der Waals surface area contributed by atoms with Crippen molar-refractivity contribution in [3.63, 3.8) is 0 Å². The van der Waals surface area contributed by atoms with E-state index in [9.17, 15) is 34.9 Å². The van der Waals surface area contributed by atoms with E-state index in [-0.39, 0.29) is 18.2 Å². The molecule has 1 amide bonds. The largest absolute Gasteiger partial charge is 0.480 e. The van der Waals surface area contributed by atoms with Crippen molar-refractivity contribution in [3.8, 4) is 11.1 Å². The molecule has 184 valence electrons. The Hall–Kier alpha value is -5.00. The number of carbonyl (C=O) groups is 2. The van der Waals surface area contributed by atoms with Crippen LogP contribution >= 0.6 is 0 Å². The van der Waals surface area contributed by atoms with Crippen molar-refractivity contribution in [2.75, 3.05) is 18.5 Å². The zero-order valence-corrected chi connectivity index (χ0v) is 18.6. The van der Waals surface area contributed by atoms with Crippen LogP contribution in [0.1, 0.15) is 17.0 Å². The van der Waals surface area contributed by atoms with Gasteiger partial charge in [0.15, 0.2) is 0 Å². The molecule has 0 fully saturated rings. The predicted molar refractivity (Wildman–Crippen MR) is 128 cm³/mol. The minimum Gasteiger partial charge on any atom is -0.480 e. The van der Waals surface area contributed by atoms with Gasteiger partial charge in [0.05, 0.1) is 15.9 Å². The number of nitrogens with one attached hydrogen (secondary N) is 2. The number of nitrogens with zero attached hydrogens (tertiary/aromatic N) is 2. The molecule has 0 radical (unpaired) electrons. The van der Waals surface area contributed by atoms with E-state index in [4.69, 9.17) is 4.74 Å². The van der Waals surface area contributed by atoms with E-state index in [1.165, 1.54) is 0 Å². The lowest BCUT2D eigenvalue weighted by Gasteiger charge is -2.18. The maximum atomic E-state index is 12.4. The molecule has 0 saturated carbocycles. The number of alkyl carbamates (subject to hydrolysis) is 1. The fraction of sp³-hybridized carbons (Fsp3) is 0.167. The van der Waals surface area contributed by atoms with Gasteiger partial charge in [-0.05, 0) is 28.3 Å². The van der Waals surface area contributed by atoms with Gasteiger partial charge in [0.1, 0.15) is 18.3 Å². The maximum Gasteiger partial charge on any atom is 0.407 e. The summed E-state index contributed by atoms with van der Waals surface area (Å²) in [6.07, 6.45) is -0.968. The summed E-state index contributed by atoms with van der Waals surface area (Å²) in [4.78, 5) is 44.7. The number of hydrogen-bond donors (Lipinski definition) is 3. The van der Waals surface area contributed by atoms with Crippen molar-refractivity contribution in [3.05, 3.63) is 98.1 Å². The van der Waals surface area contributed by atoms with Crippen LogP contribution in [0.15, 0.2) is 66.7 Å². The molecule has 1 aliphatic carbocycles. The summed E-state index contributed by atoms with van der Waals surface area (Å²) < 4.78 is 5.35. The van der Waals surface area contributed by atoms with E-state index in [0.29, 0.717) is 0 Å². The third-order valence-electron chi connectivity index (χ3n) is 5.82. The molecular formula is C24H20N4O8. The second kappa shape index (κ2) is 10.1. The summed E-state index contributed by atoms with van der Waals surface area (Å²) in [5, 5.41) is 36.4. The summed E-state index contributed by atoms with van der Waals surface area (Å²) in [6, 6.07) is 16.9. The zero-order chi connectivity index (χ0) is 25.8.